The number of aliphatic hydroxyl groups is 1. The number of hydrogen-bond donors (Lipinski definition) is 2. The molecule has 4 heteroatoms. The fraction of sp³-hybridized carbons (Fsp3) is 0.600. The Labute approximate surface area is 121 Å². The van der Waals surface area contributed by atoms with Crippen LogP contribution in [0.1, 0.15) is 38.8 Å². The third-order valence-corrected chi connectivity index (χ3v) is 3.36. The van der Waals surface area contributed by atoms with Gasteiger partial charge in [-0.1, -0.05) is 30.7 Å². The van der Waals surface area contributed by atoms with Crippen LogP contribution in [0.4, 0.5) is 0 Å². The Morgan fingerprint density at radius 2 is 1.89 bits per heavy atom. The van der Waals surface area contributed by atoms with Crippen molar-refractivity contribution in [2.75, 3.05) is 19.6 Å². The number of nitrogens with two attached hydrogens (primary N) is 1. The van der Waals surface area contributed by atoms with E-state index < -0.39 is 5.60 Å². The van der Waals surface area contributed by atoms with Crippen LogP contribution < -0.4 is 5.73 Å². The molecule has 0 saturated heterocycles. The molecule has 0 bridgehead atoms. The Hall–Kier alpha value is -0.610. The molecule has 3 N–H and O–H groups in total. The Morgan fingerprint density at radius 3 is 2.37 bits per heavy atom. The summed E-state index contributed by atoms with van der Waals surface area (Å²) >= 11 is 5.86. The Kier molecular flexibility index (Phi) is 6.27. The van der Waals surface area contributed by atoms with Gasteiger partial charge >= 0.3 is 0 Å². The third-order valence-electron chi connectivity index (χ3n) is 3.11. The van der Waals surface area contributed by atoms with Gasteiger partial charge in [-0.25, -0.2) is 0 Å². The number of rotatable bonds is 7. The zero-order valence-electron chi connectivity index (χ0n) is 12.1. The van der Waals surface area contributed by atoms with E-state index in [1.54, 1.807) is 0 Å². The molecular formula is C15H25ClN2O. The average Bonchev–Trinajstić information content (AvgIpc) is 2.33. The maximum Gasteiger partial charge on any atom is 0.0718 e. The molecule has 0 heterocycles. The van der Waals surface area contributed by atoms with E-state index >= 15 is 0 Å². The number of halogens is 1. The van der Waals surface area contributed by atoms with E-state index in [1.807, 2.05) is 38.1 Å². The zero-order chi connectivity index (χ0) is 14.5. The molecule has 0 amide bonds. The maximum absolute atomic E-state index is 9.84. The predicted molar refractivity (Wildman–Crippen MR) is 81.4 cm³/mol. The standard InChI is InChI=1S/C15H25ClN2O/c1-4-18(11-15(2,3)19)10-9-14(17)12-5-7-13(16)8-6-12/h5-8,14,19H,4,9-11,17H2,1-3H3. The topological polar surface area (TPSA) is 49.5 Å². The SMILES string of the molecule is CCN(CCC(N)c1ccc(Cl)cc1)CC(C)(C)O. The van der Waals surface area contributed by atoms with E-state index in [2.05, 4.69) is 11.8 Å². The second-order valence-corrected chi connectivity index (χ2v) is 6.06. The number of likely N-dealkylation sites (N-methyl/N-ethyl adjacent to an activating group) is 1. The van der Waals surface area contributed by atoms with Gasteiger partial charge in [0.1, 0.15) is 0 Å². The number of hydrogen-bond acceptors (Lipinski definition) is 3. The van der Waals surface area contributed by atoms with Gasteiger partial charge < -0.3 is 15.7 Å². The van der Waals surface area contributed by atoms with Crippen LogP contribution in [0, 0.1) is 0 Å². The summed E-state index contributed by atoms with van der Waals surface area (Å²) < 4.78 is 0. The summed E-state index contributed by atoms with van der Waals surface area (Å²) in [5, 5.41) is 10.6. The largest absolute Gasteiger partial charge is 0.389 e. The first-order valence-corrected chi connectivity index (χ1v) is 7.15. The lowest BCUT2D eigenvalue weighted by Crippen LogP contribution is -2.39. The van der Waals surface area contributed by atoms with Crippen LogP contribution in [0.5, 0.6) is 0 Å². The second kappa shape index (κ2) is 7.25. The molecule has 19 heavy (non-hydrogen) atoms. The molecule has 0 aliphatic carbocycles. The van der Waals surface area contributed by atoms with Crippen molar-refractivity contribution in [3.05, 3.63) is 34.9 Å². The summed E-state index contributed by atoms with van der Waals surface area (Å²) in [7, 11) is 0. The summed E-state index contributed by atoms with van der Waals surface area (Å²) in [6, 6.07) is 7.68. The van der Waals surface area contributed by atoms with Crippen LogP contribution in [0.15, 0.2) is 24.3 Å². The van der Waals surface area contributed by atoms with Crippen molar-refractivity contribution in [1.29, 1.82) is 0 Å². The van der Waals surface area contributed by atoms with Gasteiger partial charge in [-0.05, 0) is 44.5 Å². The molecule has 0 aromatic heterocycles. The zero-order valence-corrected chi connectivity index (χ0v) is 12.8. The molecule has 0 fully saturated rings. The fourth-order valence-corrected chi connectivity index (χ4v) is 2.22. The van der Waals surface area contributed by atoms with E-state index in [-0.39, 0.29) is 6.04 Å². The lowest BCUT2D eigenvalue weighted by atomic mass is 10.0. The Bertz CT molecular complexity index is 373. The van der Waals surface area contributed by atoms with Crippen LogP contribution in [-0.4, -0.2) is 35.2 Å². The van der Waals surface area contributed by atoms with Crippen LogP contribution in [0.25, 0.3) is 0 Å². The minimum atomic E-state index is -0.666. The Morgan fingerprint density at radius 1 is 1.32 bits per heavy atom. The molecule has 1 atom stereocenters. The summed E-state index contributed by atoms with van der Waals surface area (Å²) in [6.45, 7) is 8.21. The first kappa shape index (κ1) is 16.4. The molecule has 0 saturated carbocycles. The minimum Gasteiger partial charge on any atom is -0.389 e. The first-order valence-electron chi connectivity index (χ1n) is 6.77. The van der Waals surface area contributed by atoms with Gasteiger partial charge in [0, 0.05) is 24.2 Å². The molecule has 108 valence electrons. The molecule has 0 radical (unpaired) electrons. The van der Waals surface area contributed by atoms with Gasteiger partial charge in [0.2, 0.25) is 0 Å². The molecule has 1 aromatic carbocycles. The van der Waals surface area contributed by atoms with Gasteiger partial charge in [-0.15, -0.1) is 0 Å². The minimum absolute atomic E-state index is 0.00752. The lowest BCUT2D eigenvalue weighted by molar-refractivity contribution is 0.0370. The van der Waals surface area contributed by atoms with Crippen LogP contribution in [0.3, 0.4) is 0 Å². The highest BCUT2D eigenvalue weighted by Crippen LogP contribution is 2.18. The van der Waals surface area contributed by atoms with Gasteiger partial charge in [0.05, 0.1) is 5.60 Å². The normalized spacial score (nSPS) is 13.8. The van der Waals surface area contributed by atoms with Gasteiger partial charge in [0.15, 0.2) is 0 Å². The molecule has 0 aliphatic rings. The van der Waals surface area contributed by atoms with Crippen LogP contribution in [-0.2, 0) is 0 Å². The summed E-state index contributed by atoms with van der Waals surface area (Å²) in [5.41, 5.74) is 6.61. The molecule has 1 rings (SSSR count). The maximum atomic E-state index is 9.84. The van der Waals surface area contributed by atoms with Crippen molar-refractivity contribution >= 4 is 11.6 Å². The quantitative estimate of drug-likeness (QED) is 0.809. The van der Waals surface area contributed by atoms with E-state index in [0.717, 1.165) is 30.1 Å². The molecule has 1 aromatic rings. The molecular weight excluding hydrogens is 260 g/mol. The number of benzene rings is 1. The van der Waals surface area contributed by atoms with Crippen LogP contribution in [0.2, 0.25) is 5.02 Å². The fourth-order valence-electron chi connectivity index (χ4n) is 2.09. The summed E-state index contributed by atoms with van der Waals surface area (Å²) in [6.07, 6.45) is 0.867. The first-order chi connectivity index (χ1) is 8.81. The van der Waals surface area contributed by atoms with E-state index in [1.165, 1.54) is 0 Å². The van der Waals surface area contributed by atoms with E-state index in [0.29, 0.717) is 6.54 Å². The molecule has 0 spiro atoms. The Balaban J connectivity index is 2.48. The van der Waals surface area contributed by atoms with Crippen molar-refractivity contribution in [3.63, 3.8) is 0 Å². The van der Waals surface area contributed by atoms with Crippen LogP contribution >= 0.6 is 11.6 Å². The number of nitrogens with zero attached hydrogens (tertiary/aromatic N) is 1. The summed E-state index contributed by atoms with van der Waals surface area (Å²) in [4.78, 5) is 2.22. The molecule has 1 unspecified atom stereocenters. The van der Waals surface area contributed by atoms with Crippen molar-refractivity contribution in [3.8, 4) is 0 Å². The van der Waals surface area contributed by atoms with Crippen molar-refractivity contribution in [2.45, 2.75) is 38.8 Å². The van der Waals surface area contributed by atoms with Crippen molar-refractivity contribution in [2.24, 2.45) is 5.73 Å². The van der Waals surface area contributed by atoms with Crippen molar-refractivity contribution in [1.82, 2.24) is 4.90 Å². The highest BCUT2D eigenvalue weighted by Gasteiger charge is 2.17. The second-order valence-electron chi connectivity index (χ2n) is 5.63. The van der Waals surface area contributed by atoms with E-state index in [9.17, 15) is 5.11 Å². The highest BCUT2D eigenvalue weighted by molar-refractivity contribution is 6.30. The lowest BCUT2D eigenvalue weighted by Gasteiger charge is -2.28. The van der Waals surface area contributed by atoms with Crippen molar-refractivity contribution < 1.29 is 5.11 Å². The van der Waals surface area contributed by atoms with Gasteiger partial charge in [0.25, 0.3) is 0 Å². The van der Waals surface area contributed by atoms with Gasteiger partial charge in [-0.3, -0.25) is 0 Å². The average molecular weight is 285 g/mol. The smallest absolute Gasteiger partial charge is 0.0718 e. The third kappa shape index (κ3) is 6.39. The van der Waals surface area contributed by atoms with E-state index in [4.69, 9.17) is 17.3 Å². The highest BCUT2D eigenvalue weighted by atomic mass is 35.5. The summed E-state index contributed by atoms with van der Waals surface area (Å²) in [5.74, 6) is 0. The van der Waals surface area contributed by atoms with Gasteiger partial charge in [-0.2, -0.15) is 0 Å². The monoisotopic (exact) mass is 284 g/mol. The predicted octanol–water partition coefficient (Wildman–Crippen LogP) is 2.82. The molecule has 0 aliphatic heterocycles. The molecule has 3 nitrogen and oxygen atoms in total.